The molecule has 0 saturated heterocycles. The average molecular weight is 774 g/mol. The Morgan fingerprint density at radius 2 is 1.46 bits per heavy atom. The van der Waals surface area contributed by atoms with Gasteiger partial charge >= 0.3 is 0 Å². The second kappa shape index (κ2) is 13.9. The molecule has 0 bridgehead atoms. The van der Waals surface area contributed by atoms with Gasteiger partial charge in [-0.05, 0) is 53.1 Å². The number of furan rings is 1. The van der Waals surface area contributed by atoms with Gasteiger partial charge in [-0.3, -0.25) is 4.98 Å². The van der Waals surface area contributed by atoms with Crippen LogP contribution in [0.3, 0.4) is 0 Å². The summed E-state index contributed by atoms with van der Waals surface area (Å²) in [5.41, 5.74) is 10.4. The van der Waals surface area contributed by atoms with E-state index in [1.165, 1.54) is 16.7 Å². The van der Waals surface area contributed by atoms with Gasteiger partial charge in [0.05, 0.1) is 16.9 Å². The quantitative estimate of drug-likeness (QED) is 0.164. The molecule has 0 unspecified atom stereocenters. The van der Waals surface area contributed by atoms with E-state index in [9.17, 15) is 0 Å². The standard InChI is InChI=1S/C30H23N2O.C11H8N.Ir/c1-20(2)23-14-17-25-26(19-33-29(25)18-23)30-31-27-10-6-7-11-28(27)32(30)24-15-12-22(13-16-24)21-8-4-3-5-9-21;1-2-6-10(7-3-1)11-8-4-5-9-12-11;/h3-18,20H,1-2H3;1-6,8-9H;/q2*-1;. The van der Waals surface area contributed by atoms with E-state index in [4.69, 9.17) is 9.40 Å². The monoisotopic (exact) mass is 774 g/mol. The van der Waals surface area contributed by atoms with Crippen LogP contribution in [0.25, 0.3) is 61.5 Å². The first kappa shape index (κ1) is 30.9. The molecule has 8 rings (SSSR count). The van der Waals surface area contributed by atoms with Crippen LogP contribution in [0.5, 0.6) is 0 Å². The molecule has 1 radical (unpaired) electrons. The molecule has 3 heterocycles. The van der Waals surface area contributed by atoms with Gasteiger partial charge in [0.1, 0.15) is 0 Å². The van der Waals surface area contributed by atoms with Gasteiger partial charge < -0.3 is 14.0 Å². The first-order valence-electron chi connectivity index (χ1n) is 15.1. The number of benzene rings is 5. The van der Waals surface area contributed by atoms with E-state index in [1.807, 2.05) is 60.7 Å². The minimum Gasteiger partial charge on any atom is -0.557 e. The summed E-state index contributed by atoms with van der Waals surface area (Å²) in [5, 5.41) is 1.02. The molecule has 3 aromatic heterocycles. The van der Waals surface area contributed by atoms with Crippen LogP contribution in [0, 0.1) is 12.3 Å². The molecule has 0 aliphatic rings. The maximum absolute atomic E-state index is 5.88. The van der Waals surface area contributed by atoms with E-state index in [2.05, 4.69) is 115 Å². The average Bonchev–Trinajstić information content (AvgIpc) is 3.71. The normalized spacial score (nSPS) is 10.8. The van der Waals surface area contributed by atoms with Crippen molar-refractivity contribution in [3.63, 3.8) is 0 Å². The van der Waals surface area contributed by atoms with Crippen LogP contribution in [-0.4, -0.2) is 14.5 Å². The molecule has 0 saturated carbocycles. The van der Waals surface area contributed by atoms with Crippen LogP contribution < -0.4 is 0 Å². The maximum Gasteiger partial charge on any atom is 0.0774 e. The summed E-state index contributed by atoms with van der Waals surface area (Å²) in [7, 11) is 0. The van der Waals surface area contributed by atoms with Gasteiger partial charge in [-0.15, -0.1) is 42.0 Å². The Morgan fingerprint density at radius 1 is 0.717 bits per heavy atom. The summed E-state index contributed by atoms with van der Waals surface area (Å²) in [4.78, 5) is 9.21. The van der Waals surface area contributed by atoms with Gasteiger partial charge in [0.2, 0.25) is 0 Å². The van der Waals surface area contributed by atoms with Crippen LogP contribution in [0.1, 0.15) is 25.3 Å². The SMILES string of the molecule is CC(C)c1ccc2c(-c3nc4ccccc4n3-c3ccc(-c4ccccc4)cc3)[c-]oc2c1.[Ir].[c-]1ccccc1-c1ccccn1. The summed E-state index contributed by atoms with van der Waals surface area (Å²) < 4.78 is 8.08. The van der Waals surface area contributed by atoms with Crippen molar-refractivity contribution in [3.8, 4) is 39.5 Å². The fraction of sp³-hybridized carbons (Fsp3) is 0.0732. The van der Waals surface area contributed by atoms with Crippen LogP contribution in [0.15, 0.2) is 150 Å². The van der Waals surface area contributed by atoms with Gasteiger partial charge in [-0.25, -0.2) is 0 Å². The Hall–Kier alpha value is -5.09. The smallest absolute Gasteiger partial charge is 0.0774 e. The van der Waals surface area contributed by atoms with E-state index >= 15 is 0 Å². The summed E-state index contributed by atoms with van der Waals surface area (Å²) in [6.07, 6.45) is 4.93. The van der Waals surface area contributed by atoms with Crippen molar-refractivity contribution in [1.29, 1.82) is 0 Å². The molecule has 227 valence electrons. The number of rotatable bonds is 5. The Bertz CT molecular complexity index is 2130. The molecule has 0 N–H and O–H groups in total. The Morgan fingerprint density at radius 3 is 2.20 bits per heavy atom. The molecule has 0 spiro atoms. The minimum absolute atomic E-state index is 0. The predicted octanol–water partition coefficient (Wildman–Crippen LogP) is 10.6. The van der Waals surface area contributed by atoms with Crippen LogP contribution in [-0.2, 0) is 20.1 Å². The third kappa shape index (κ3) is 6.34. The molecule has 4 nitrogen and oxygen atoms in total. The fourth-order valence-electron chi connectivity index (χ4n) is 5.48. The zero-order valence-electron chi connectivity index (χ0n) is 25.5. The largest absolute Gasteiger partial charge is 0.557 e. The number of imidazole rings is 1. The zero-order chi connectivity index (χ0) is 30.6. The summed E-state index contributed by atoms with van der Waals surface area (Å²) in [6, 6.07) is 50.5. The van der Waals surface area contributed by atoms with Crippen molar-refractivity contribution in [2.45, 2.75) is 19.8 Å². The second-order valence-corrected chi connectivity index (χ2v) is 11.2. The molecule has 0 aliphatic heterocycles. The number of hydrogen-bond acceptors (Lipinski definition) is 3. The van der Waals surface area contributed by atoms with E-state index in [0.29, 0.717) is 5.92 Å². The third-order valence-corrected chi connectivity index (χ3v) is 7.87. The molecule has 5 heteroatoms. The zero-order valence-corrected chi connectivity index (χ0v) is 27.9. The van der Waals surface area contributed by atoms with Crippen molar-refractivity contribution < 1.29 is 24.5 Å². The second-order valence-electron chi connectivity index (χ2n) is 11.2. The van der Waals surface area contributed by atoms with Crippen LogP contribution >= 0.6 is 0 Å². The van der Waals surface area contributed by atoms with Crippen molar-refractivity contribution in [2.24, 2.45) is 0 Å². The van der Waals surface area contributed by atoms with Crippen molar-refractivity contribution in [1.82, 2.24) is 14.5 Å². The molecule has 5 aromatic carbocycles. The minimum atomic E-state index is 0. The van der Waals surface area contributed by atoms with E-state index in [-0.39, 0.29) is 20.1 Å². The van der Waals surface area contributed by atoms with Crippen molar-refractivity contribution in [2.75, 3.05) is 0 Å². The third-order valence-electron chi connectivity index (χ3n) is 7.87. The fourth-order valence-corrected chi connectivity index (χ4v) is 5.48. The summed E-state index contributed by atoms with van der Waals surface area (Å²) >= 11 is 0. The summed E-state index contributed by atoms with van der Waals surface area (Å²) in [6.45, 7) is 4.38. The summed E-state index contributed by atoms with van der Waals surface area (Å²) in [5.74, 6) is 1.27. The number of aromatic nitrogens is 3. The molecule has 0 amide bonds. The number of nitrogens with zero attached hydrogens (tertiary/aromatic N) is 3. The number of pyridine rings is 1. The van der Waals surface area contributed by atoms with Gasteiger partial charge in [0.15, 0.2) is 0 Å². The van der Waals surface area contributed by atoms with Gasteiger partial charge in [0.25, 0.3) is 0 Å². The van der Waals surface area contributed by atoms with Crippen molar-refractivity contribution in [3.05, 3.63) is 164 Å². The Balaban J connectivity index is 0.000000241. The number of para-hydroxylation sites is 2. The molecule has 0 aliphatic carbocycles. The predicted molar refractivity (Wildman–Crippen MR) is 183 cm³/mol. The molecule has 0 fully saturated rings. The topological polar surface area (TPSA) is 43.9 Å². The molecular weight excluding hydrogens is 743 g/mol. The molecular formula is C41H31IrN3O-2. The van der Waals surface area contributed by atoms with Gasteiger partial charge in [-0.2, -0.15) is 0 Å². The molecule has 0 atom stereocenters. The van der Waals surface area contributed by atoms with E-state index in [1.54, 1.807) is 6.20 Å². The molecule has 46 heavy (non-hydrogen) atoms. The van der Waals surface area contributed by atoms with Gasteiger partial charge in [-0.1, -0.05) is 109 Å². The number of fused-ring (bicyclic) bond motifs is 2. The Labute approximate surface area is 282 Å². The molecule has 8 aromatic rings. The first-order chi connectivity index (χ1) is 22.2. The van der Waals surface area contributed by atoms with E-state index < -0.39 is 0 Å². The Kier molecular flexibility index (Phi) is 9.35. The van der Waals surface area contributed by atoms with E-state index in [0.717, 1.165) is 50.3 Å². The first-order valence-corrected chi connectivity index (χ1v) is 15.1. The van der Waals surface area contributed by atoms with Crippen LogP contribution in [0.2, 0.25) is 0 Å². The van der Waals surface area contributed by atoms with Crippen molar-refractivity contribution >= 4 is 22.0 Å². The van der Waals surface area contributed by atoms with Crippen LogP contribution in [0.4, 0.5) is 0 Å². The number of hydrogen-bond donors (Lipinski definition) is 0. The maximum atomic E-state index is 5.88. The van der Waals surface area contributed by atoms with Gasteiger partial charge in [0, 0.05) is 43.8 Å².